The molecule has 1 fully saturated rings. The van der Waals surface area contributed by atoms with E-state index in [1.165, 1.54) is 11.8 Å². The van der Waals surface area contributed by atoms with Gasteiger partial charge in [0.15, 0.2) is 0 Å². The Bertz CT molecular complexity index is 367. The van der Waals surface area contributed by atoms with Crippen LogP contribution in [0.4, 0.5) is 0 Å². The Labute approximate surface area is 91.2 Å². The first-order valence-electron chi connectivity index (χ1n) is 4.65. The highest BCUT2D eigenvalue weighted by atomic mass is 32.2. The predicted molar refractivity (Wildman–Crippen MR) is 54.1 cm³/mol. The smallest absolute Gasteiger partial charge is 0.277 e. The molecule has 6 nitrogen and oxygen atoms in total. The molecule has 0 aliphatic carbocycles. The van der Waals surface area contributed by atoms with Crippen molar-refractivity contribution in [1.82, 2.24) is 15.1 Å². The van der Waals surface area contributed by atoms with E-state index >= 15 is 0 Å². The maximum Gasteiger partial charge on any atom is 0.277 e. The van der Waals surface area contributed by atoms with Gasteiger partial charge in [-0.05, 0) is 6.42 Å². The van der Waals surface area contributed by atoms with Crippen molar-refractivity contribution >= 4 is 17.7 Å². The van der Waals surface area contributed by atoms with Crippen LogP contribution < -0.4 is 5.73 Å². The van der Waals surface area contributed by atoms with Crippen molar-refractivity contribution < 1.29 is 9.21 Å². The number of amides is 1. The molecule has 1 aliphatic heterocycles. The van der Waals surface area contributed by atoms with Gasteiger partial charge in [-0.1, -0.05) is 11.8 Å². The van der Waals surface area contributed by atoms with Crippen LogP contribution in [0.25, 0.3) is 0 Å². The zero-order chi connectivity index (χ0) is 10.8. The maximum atomic E-state index is 11.6. The minimum Gasteiger partial charge on any atom is -0.415 e. The highest BCUT2D eigenvalue weighted by Crippen LogP contribution is 2.28. The third kappa shape index (κ3) is 2.13. The molecule has 1 aliphatic rings. The summed E-state index contributed by atoms with van der Waals surface area (Å²) in [4.78, 5) is 13.3. The highest BCUT2D eigenvalue weighted by molar-refractivity contribution is 8.00. The molecule has 0 aromatic carbocycles. The fraction of sp³-hybridized carbons (Fsp3) is 0.625. The minimum absolute atomic E-state index is 0.0962. The van der Waals surface area contributed by atoms with Gasteiger partial charge in [0.25, 0.3) is 5.22 Å². The predicted octanol–water partition coefficient (Wildman–Crippen LogP) is -0.149. The second-order valence-electron chi connectivity index (χ2n) is 3.32. The second kappa shape index (κ2) is 4.19. The monoisotopic (exact) mass is 228 g/mol. The van der Waals surface area contributed by atoms with Crippen molar-refractivity contribution in [1.29, 1.82) is 0 Å². The third-order valence-electron chi connectivity index (χ3n) is 2.24. The number of thioether (sulfide) groups is 1. The summed E-state index contributed by atoms with van der Waals surface area (Å²) in [5, 5.41) is 7.86. The first-order chi connectivity index (χ1) is 7.20. The molecule has 2 heterocycles. The number of aromatic nitrogens is 2. The van der Waals surface area contributed by atoms with Crippen LogP contribution in [0.3, 0.4) is 0 Å². The standard InChI is InChI=1S/C8H12N4O2S/c1-12-3-2-5(7(12)13)15-8-11-10-6(4-9)14-8/h5H,2-4,9H2,1H3. The molecule has 0 spiro atoms. The number of hydrogen-bond acceptors (Lipinski definition) is 6. The highest BCUT2D eigenvalue weighted by Gasteiger charge is 2.31. The Morgan fingerprint density at radius 2 is 2.47 bits per heavy atom. The van der Waals surface area contributed by atoms with Gasteiger partial charge in [-0.2, -0.15) is 0 Å². The van der Waals surface area contributed by atoms with Gasteiger partial charge in [-0.3, -0.25) is 4.79 Å². The topological polar surface area (TPSA) is 85.2 Å². The van der Waals surface area contributed by atoms with Crippen LogP contribution in [0, 0.1) is 0 Å². The molecule has 1 unspecified atom stereocenters. The number of likely N-dealkylation sites (tertiary alicyclic amines) is 1. The normalized spacial score (nSPS) is 21.3. The van der Waals surface area contributed by atoms with E-state index in [0.29, 0.717) is 11.1 Å². The lowest BCUT2D eigenvalue weighted by Gasteiger charge is -2.07. The van der Waals surface area contributed by atoms with E-state index in [4.69, 9.17) is 10.2 Å². The Morgan fingerprint density at radius 1 is 1.67 bits per heavy atom. The van der Waals surface area contributed by atoms with E-state index in [2.05, 4.69) is 10.2 Å². The Hall–Kier alpha value is -1.08. The second-order valence-corrected chi connectivity index (χ2v) is 4.47. The molecule has 15 heavy (non-hydrogen) atoms. The fourth-order valence-electron chi connectivity index (χ4n) is 1.39. The first-order valence-corrected chi connectivity index (χ1v) is 5.52. The molecule has 1 amide bonds. The lowest BCUT2D eigenvalue weighted by molar-refractivity contribution is -0.126. The summed E-state index contributed by atoms with van der Waals surface area (Å²) in [5.41, 5.74) is 5.34. The van der Waals surface area contributed by atoms with Gasteiger partial charge in [0, 0.05) is 13.6 Å². The molecule has 82 valence electrons. The fourth-order valence-corrected chi connectivity index (χ4v) is 2.37. The number of carbonyl (C=O) groups is 1. The zero-order valence-corrected chi connectivity index (χ0v) is 9.16. The molecular weight excluding hydrogens is 216 g/mol. The largest absolute Gasteiger partial charge is 0.415 e. The van der Waals surface area contributed by atoms with Crippen LogP contribution in [-0.4, -0.2) is 39.8 Å². The quantitative estimate of drug-likeness (QED) is 0.774. The number of hydrogen-bond donors (Lipinski definition) is 1. The molecule has 2 rings (SSSR count). The van der Waals surface area contributed by atoms with Crippen LogP contribution in [0.1, 0.15) is 12.3 Å². The lowest BCUT2D eigenvalue weighted by atomic mass is 10.4. The van der Waals surface area contributed by atoms with Gasteiger partial charge in [-0.25, -0.2) is 0 Å². The summed E-state index contributed by atoms with van der Waals surface area (Å²) in [6.45, 7) is 1.01. The van der Waals surface area contributed by atoms with Crippen molar-refractivity contribution in [3.63, 3.8) is 0 Å². The van der Waals surface area contributed by atoms with Gasteiger partial charge in [0.1, 0.15) is 0 Å². The average molecular weight is 228 g/mol. The molecule has 7 heteroatoms. The molecule has 1 atom stereocenters. The molecule has 2 N–H and O–H groups in total. The molecule has 1 aromatic rings. The van der Waals surface area contributed by atoms with Crippen LogP contribution in [0.5, 0.6) is 0 Å². The molecule has 0 bridgehead atoms. The lowest BCUT2D eigenvalue weighted by Crippen LogP contribution is -2.23. The van der Waals surface area contributed by atoms with E-state index in [1.807, 2.05) is 0 Å². The van der Waals surface area contributed by atoms with Gasteiger partial charge >= 0.3 is 0 Å². The Kier molecular flexibility index (Phi) is 2.92. The van der Waals surface area contributed by atoms with Crippen molar-refractivity contribution in [2.45, 2.75) is 23.4 Å². The van der Waals surface area contributed by atoms with Crippen LogP contribution >= 0.6 is 11.8 Å². The van der Waals surface area contributed by atoms with Gasteiger partial charge < -0.3 is 15.1 Å². The summed E-state index contributed by atoms with van der Waals surface area (Å²) in [6.07, 6.45) is 0.820. The summed E-state index contributed by atoms with van der Waals surface area (Å²) in [7, 11) is 1.79. The van der Waals surface area contributed by atoms with E-state index in [1.54, 1.807) is 11.9 Å². The summed E-state index contributed by atoms with van der Waals surface area (Å²) in [5.74, 6) is 0.517. The summed E-state index contributed by atoms with van der Waals surface area (Å²) >= 11 is 1.31. The zero-order valence-electron chi connectivity index (χ0n) is 8.34. The maximum absolute atomic E-state index is 11.6. The molecule has 0 saturated carbocycles. The number of nitrogens with two attached hydrogens (primary N) is 1. The van der Waals surface area contributed by atoms with E-state index in [-0.39, 0.29) is 17.7 Å². The van der Waals surface area contributed by atoms with Crippen molar-refractivity contribution in [2.24, 2.45) is 5.73 Å². The first kappa shape index (κ1) is 10.4. The number of rotatable bonds is 3. The average Bonchev–Trinajstić information content (AvgIpc) is 2.80. The minimum atomic E-state index is -0.0962. The molecule has 0 radical (unpaired) electrons. The summed E-state index contributed by atoms with van der Waals surface area (Å²) < 4.78 is 5.22. The Morgan fingerprint density at radius 3 is 3.00 bits per heavy atom. The third-order valence-corrected chi connectivity index (χ3v) is 3.33. The van der Waals surface area contributed by atoms with E-state index in [9.17, 15) is 4.79 Å². The van der Waals surface area contributed by atoms with Crippen LogP contribution in [-0.2, 0) is 11.3 Å². The van der Waals surface area contributed by atoms with E-state index in [0.717, 1.165) is 13.0 Å². The van der Waals surface area contributed by atoms with Crippen LogP contribution in [0.15, 0.2) is 9.64 Å². The van der Waals surface area contributed by atoms with Gasteiger partial charge in [-0.15, -0.1) is 10.2 Å². The van der Waals surface area contributed by atoms with Crippen LogP contribution in [0.2, 0.25) is 0 Å². The Balaban J connectivity index is 2.00. The SMILES string of the molecule is CN1CCC(Sc2nnc(CN)o2)C1=O. The van der Waals surface area contributed by atoms with Gasteiger partial charge in [0.2, 0.25) is 11.8 Å². The number of carbonyl (C=O) groups excluding carboxylic acids is 1. The van der Waals surface area contributed by atoms with Crippen molar-refractivity contribution in [2.75, 3.05) is 13.6 Å². The number of nitrogens with zero attached hydrogens (tertiary/aromatic N) is 3. The van der Waals surface area contributed by atoms with Crippen molar-refractivity contribution in [3.05, 3.63) is 5.89 Å². The molecular formula is C8H12N4O2S. The van der Waals surface area contributed by atoms with Gasteiger partial charge in [0.05, 0.1) is 11.8 Å². The van der Waals surface area contributed by atoms with E-state index < -0.39 is 0 Å². The molecule has 1 aromatic heterocycles. The summed E-state index contributed by atoms with van der Waals surface area (Å²) in [6, 6.07) is 0. The van der Waals surface area contributed by atoms with Crippen molar-refractivity contribution in [3.8, 4) is 0 Å². The molecule has 1 saturated heterocycles.